The number of carbonyl (C=O) groups is 3. The monoisotopic (exact) mass is 594 g/mol. The Labute approximate surface area is 250 Å². The zero-order chi connectivity index (χ0) is 30.6. The molecule has 0 spiro atoms. The maximum atomic E-state index is 13.2. The number of nitrogens with one attached hydrogen (secondary N) is 2. The predicted molar refractivity (Wildman–Crippen MR) is 155 cm³/mol. The van der Waals surface area contributed by atoms with Crippen LogP contribution in [0.1, 0.15) is 40.0 Å². The second-order valence-electron chi connectivity index (χ2n) is 11.7. The summed E-state index contributed by atoms with van der Waals surface area (Å²) < 4.78 is 27.1. The first-order valence-corrected chi connectivity index (χ1v) is 15.0. The molecule has 0 aromatic rings. The normalized spacial score (nSPS) is 19.3. The molecule has 12 nitrogen and oxygen atoms in total. The van der Waals surface area contributed by atoms with Crippen molar-refractivity contribution in [3.05, 3.63) is 11.6 Å². The van der Waals surface area contributed by atoms with Crippen LogP contribution >= 0.6 is 0 Å². The smallest absolute Gasteiger partial charge is 0.264 e. The Bertz CT molecular complexity index is 882. The predicted octanol–water partition coefficient (Wildman–Crippen LogP) is 1.30. The van der Waals surface area contributed by atoms with Crippen molar-refractivity contribution in [3.63, 3.8) is 0 Å². The standard InChI is InChI=1S/C30H50N4O8/c1-30(2,3)19-27(20-31)29(37)34-21-25(24-4-5-24)18-26(22-34)28(36)33-7-9-39-11-13-41-15-17-42-16-14-40-12-10-38-8-6-32-23-35/h19,23-26H,4-18,21-22H2,1-3H3,(H,32,35)(H,33,36)/b27-19+. The molecule has 1 aliphatic carbocycles. The highest BCUT2D eigenvalue weighted by Crippen LogP contribution is 2.42. The van der Waals surface area contributed by atoms with E-state index in [4.69, 9.17) is 23.7 Å². The molecule has 2 fully saturated rings. The van der Waals surface area contributed by atoms with Crippen LogP contribution in [0.4, 0.5) is 0 Å². The Morgan fingerprint density at radius 2 is 1.36 bits per heavy atom. The summed E-state index contributed by atoms with van der Waals surface area (Å²) >= 11 is 0. The van der Waals surface area contributed by atoms with Crippen molar-refractivity contribution in [2.75, 3.05) is 92.2 Å². The topological polar surface area (TPSA) is 148 Å². The van der Waals surface area contributed by atoms with Crippen molar-refractivity contribution in [1.82, 2.24) is 15.5 Å². The molecule has 2 unspecified atom stereocenters. The number of allylic oxidation sites excluding steroid dienone is 1. The summed E-state index contributed by atoms with van der Waals surface area (Å²) in [5, 5.41) is 15.1. The third-order valence-electron chi connectivity index (χ3n) is 6.87. The molecule has 1 aliphatic heterocycles. The fourth-order valence-electron chi connectivity index (χ4n) is 4.71. The van der Waals surface area contributed by atoms with E-state index in [9.17, 15) is 19.6 Å². The minimum Gasteiger partial charge on any atom is -0.377 e. The van der Waals surface area contributed by atoms with Crippen LogP contribution in [-0.2, 0) is 38.1 Å². The highest BCUT2D eigenvalue weighted by Gasteiger charge is 2.41. The molecule has 1 saturated carbocycles. The van der Waals surface area contributed by atoms with Crippen LogP contribution in [0.25, 0.3) is 0 Å². The molecule has 2 atom stereocenters. The number of hydrogen-bond acceptors (Lipinski definition) is 9. The highest BCUT2D eigenvalue weighted by atomic mass is 16.6. The van der Waals surface area contributed by atoms with E-state index in [-0.39, 0.29) is 28.7 Å². The Balaban J connectivity index is 1.52. The third-order valence-corrected chi connectivity index (χ3v) is 6.87. The lowest BCUT2D eigenvalue weighted by Crippen LogP contribution is -2.49. The van der Waals surface area contributed by atoms with Gasteiger partial charge in [-0.1, -0.05) is 26.8 Å². The van der Waals surface area contributed by atoms with Gasteiger partial charge in [0.2, 0.25) is 12.3 Å². The summed E-state index contributed by atoms with van der Waals surface area (Å²) in [4.78, 5) is 37.9. The summed E-state index contributed by atoms with van der Waals surface area (Å²) in [6, 6.07) is 2.07. The molecule has 2 aliphatic rings. The van der Waals surface area contributed by atoms with Gasteiger partial charge in [-0.15, -0.1) is 0 Å². The minimum absolute atomic E-state index is 0.0724. The molecule has 0 aromatic carbocycles. The van der Waals surface area contributed by atoms with E-state index in [0.717, 1.165) is 19.3 Å². The molecule has 3 amide bonds. The van der Waals surface area contributed by atoms with Crippen molar-refractivity contribution < 1.29 is 38.1 Å². The highest BCUT2D eigenvalue weighted by molar-refractivity contribution is 5.97. The maximum absolute atomic E-state index is 13.2. The zero-order valence-corrected chi connectivity index (χ0v) is 25.6. The van der Waals surface area contributed by atoms with Crippen LogP contribution < -0.4 is 10.6 Å². The van der Waals surface area contributed by atoms with Crippen molar-refractivity contribution in [2.45, 2.75) is 40.0 Å². The number of piperidine rings is 1. The molecular formula is C30H50N4O8. The number of rotatable bonds is 22. The fourth-order valence-corrected chi connectivity index (χ4v) is 4.71. The molecule has 1 heterocycles. The average molecular weight is 595 g/mol. The van der Waals surface area contributed by atoms with Gasteiger partial charge in [0.1, 0.15) is 11.6 Å². The average Bonchev–Trinajstić information content (AvgIpc) is 3.82. The molecule has 238 valence electrons. The van der Waals surface area contributed by atoms with Gasteiger partial charge in [-0.25, -0.2) is 0 Å². The van der Waals surface area contributed by atoms with Crippen molar-refractivity contribution in [3.8, 4) is 6.07 Å². The molecule has 0 aromatic heterocycles. The number of ether oxygens (including phenoxy) is 5. The van der Waals surface area contributed by atoms with E-state index in [1.807, 2.05) is 20.8 Å². The maximum Gasteiger partial charge on any atom is 0.264 e. The summed E-state index contributed by atoms with van der Waals surface area (Å²) in [7, 11) is 0. The van der Waals surface area contributed by atoms with Gasteiger partial charge in [-0.2, -0.15) is 5.26 Å². The van der Waals surface area contributed by atoms with Gasteiger partial charge in [0, 0.05) is 26.2 Å². The number of likely N-dealkylation sites (tertiary alicyclic amines) is 1. The Morgan fingerprint density at radius 3 is 1.83 bits per heavy atom. The Hall–Kier alpha value is -2.56. The van der Waals surface area contributed by atoms with Crippen molar-refractivity contribution in [2.24, 2.45) is 23.2 Å². The van der Waals surface area contributed by atoms with Gasteiger partial charge in [0.05, 0.1) is 72.0 Å². The van der Waals surface area contributed by atoms with Crippen LogP contribution in [0.2, 0.25) is 0 Å². The van der Waals surface area contributed by atoms with Crippen molar-refractivity contribution in [1.29, 1.82) is 5.26 Å². The van der Waals surface area contributed by atoms with Crippen LogP contribution in [-0.4, -0.2) is 115 Å². The molecule has 0 bridgehead atoms. The number of nitrogens with zero attached hydrogens (tertiary/aromatic N) is 2. The van der Waals surface area contributed by atoms with E-state index in [2.05, 4.69) is 16.7 Å². The van der Waals surface area contributed by atoms with Gasteiger partial charge >= 0.3 is 0 Å². The number of amides is 3. The minimum atomic E-state index is -0.290. The van der Waals surface area contributed by atoms with Gasteiger partial charge < -0.3 is 39.2 Å². The van der Waals surface area contributed by atoms with E-state index < -0.39 is 0 Å². The molecule has 2 N–H and O–H groups in total. The number of nitriles is 1. The number of hydrogen-bond donors (Lipinski definition) is 2. The quantitative estimate of drug-likeness (QED) is 0.0819. The van der Waals surface area contributed by atoms with Crippen LogP contribution in [0.3, 0.4) is 0 Å². The van der Waals surface area contributed by atoms with Crippen LogP contribution in [0, 0.1) is 34.5 Å². The van der Waals surface area contributed by atoms with E-state index in [0.29, 0.717) is 110 Å². The first-order valence-electron chi connectivity index (χ1n) is 15.0. The lowest BCUT2D eigenvalue weighted by atomic mass is 9.85. The first-order chi connectivity index (χ1) is 20.2. The van der Waals surface area contributed by atoms with E-state index >= 15 is 0 Å². The van der Waals surface area contributed by atoms with Crippen LogP contribution in [0.5, 0.6) is 0 Å². The third kappa shape index (κ3) is 15.6. The van der Waals surface area contributed by atoms with Gasteiger partial charge in [-0.05, 0) is 36.5 Å². The summed E-state index contributed by atoms with van der Waals surface area (Å²) in [5.74, 6) is 0.212. The first kappa shape index (κ1) is 35.6. The van der Waals surface area contributed by atoms with E-state index in [1.54, 1.807) is 11.0 Å². The Morgan fingerprint density at radius 1 is 0.833 bits per heavy atom. The second kappa shape index (κ2) is 20.4. The molecule has 42 heavy (non-hydrogen) atoms. The zero-order valence-electron chi connectivity index (χ0n) is 25.6. The van der Waals surface area contributed by atoms with Gasteiger partial charge in [0.25, 0.3) is 5.91 Å². The number of carbonyl (C=O) groups excluding carboxylic acids is 3. The van der Waals surface area contributed by atoms with Crippen molar-refractivity contribution >= 4 is 18.2 Å². The van der Waals surface area contributed by atoms with E-state index in [1.165, 1.54) is 0 Å². The SMILES string of the molecule is CC(C)(C)/C=C(\C#N)C(=O)N1CC(C(=O)NCCOCCOCCOCCOCCOCCNC=O)CC(C2CC2)C1. The second-order valence-corrected chi connectivity index (χ2v) is 11.7. The summed E-state index contributed by atoms with van der Waals surface area (Å²) in [6.07, 6.45) is 5.40. The molecule has 12 heteroatoms. The molecule has 0 radical (unpaired) electrons. The summed E-state index contributed by atoms with van der Waals surface area (Å²) in [5.41, 5.74) is -0.138. The molecular weight excluding hydrogens is 544 g/mol. The molecule has 2 rings (SSSR count). The Kier molecular flexibility index (Phi) is 17.3. The van der Waals surface area contributed by atoms with Crippen LogP contribution in [0.15, 0.2) is 11.6 Å². The lowest BCUT2D eigenvalue weighted by Gasteiger charge is -2.37. The molecule has 1 saturated heterocycles. The summed E-state index contributed by atoms with van der Waals surface area (Å²) in [6.45, 7) is 12.1. The largest absolute Gasteiger partial charge is 0.377 e. The lowest BCUT2D eigenvalue weighted by molar-refractivity contribution is -0.134. The van der Waals surface area contributed by atoms with Gasteiger partial charge in [0.15, 0.2) is 0 Å². The fraction of sp³-hybridized carbons (Fsp3) is 0.800. The van der Waals surface area contributed by atoms with Gasteiger partial charge in [-0.3, -0.25) is 14.4 Å².